The molecule has 0 spiro atoms. The predicted molar refractivity (Wildman–Crippen MR) is 229 cm³/mol. The minimum atomic E-state index is -0.800. The molecule has 1 aliphatic rings. The monoisotopic (exact) mass is 816 g/mol. The highest BCUT2D eigenvalue weighted by Gasteiger charge is 2.43. The van der Waals surface area contributed by atoms with Gasteiger partial charge >= 0.3 is 0 Å². The lowest BCUT2D eigenvalue weighted by molar-refractivity contribution is -0.148. The van der Waals surface area contributed by atoms with E-state index in [0.717, 1.165) is 18.4 Å². The Morgan fingerprint density at radius 2 is 1.48 bits per heavy atom. The summed E-state index contributed by atoms with van der Waals surface area (Å²) in [5, 5.41) is 8.99. The maximum absolute atomic E-state index is 14.3. The Hall–Kier alpha value is -3.59. The molecule has 0 aliphatic carbocycles. The van der Waals surface area contributed by atoms with Crippen molar-refractivity contribution in [3.63, 3.8) is 0 Å². The summed E-state index contributed by atoms with van der Waals surface area (Å²) in [7, 11) is 12.4. The van der Waals surface area contributed by atoms with Crippen molar-refractivity contribution in [3.8, 4) is 0 Å². The fourth-order valence-corrected chi connectivity index (χ4v) is 8.30. The molecule has 1 aromatic carbocycles. The van der Waals surface area contributed by atoms with Gasteiger partial charge in [0.05, 0.1) is 42.7 Å². The fourth-order valence-electron chi connectivity index (χ4n) is 8.30. The second kappa shape index (κ2) is 24.5. The molecule has 14 heteroatoms. The number of hydrogen-bond donors (Lipinski definition) is 3. The highest BCUT2D eigenvalue weighted by molar-refractivity contribution is 5.90. The van der Waals surface area contributed by atoms with Gasteiger partial charge in [0.2, 0.25) is 29.5 Å². The number of hydrogen-bond acceptors (Lipinski definition) is 9. The molecule has 0 bridgehead atoms. The molecular weight excluding hydrogens is 739 g/mol. The number of amides is 5. The van der Waals surface area contributed by atoms with Gasteiger partial charge in [-0.25, -0.2) is 0 Å². The van der Waals surface area contributed by atoms with Crippen molar-refractivity contribution >= 4 is 29.5 Å². The number of carbonyl (C=O) groups is 5. The van der Waals surface area contributed by atoms with Crippen LogP contribution >= 0.6 is 0 Å². The first kappa shape index (κ1) is 50.6. The molecule has 1 aliphatic heterocycles. The van der Waals surface area contributed by atoms with Crippen LogP contribution < -0.4 is 16.0 Å². The van der Waals surface area contributed by atoms with Gasteiger partial charge in [-0.2, -0.15) is 0 Å². The first-order chi connectivity index (χ1) is 27.3. The summed E-state index contributed by atoms with van der Waals surface area (Å²) in [5.74, 6) is -2.05. The van der Waals surface area contributed by atoms with Crippen LogP contribution in [0.2, 0.25) is 0 Å². The number of benzene rings is 1. The molecule has 0 saturated carbocycles. The maximum atomic E-state index is 14.3. The Morgan fingerprint density at radius 3 is 2.00 bits per heavy atom. The van der Waals surface area contributed by atoms with Crippen molar-refractivity contribution in [1.29, 1.82) is 0 Å². The third-order valence-corrected chi connectivity index (χ3v) is 11.7. The van der Waals surface area contributed by atoms with Crippen LogP contribution in [0.1, 0.15) is 79.7 Å². The summed E-state index contributed by atoms with van der Waals surface area (Å²) in [6.45, 7) is 15.2. The standard InChI is InChI=1S/C44H77N7O7/c1-15-30(6)39(50(12)44(56)37(28(2)3)47-43(55)38(29(4)5)49(10)11)35(57-13)27-36(52)51-24-19-22-34(51)40(58-14)31(7)41(53)46-33(26-32-20-17-16-18-21-32)42(54)45-23-25-48(8)9/h16-18,20-21,28-31,33-35,37-40H,15,19,22-27H2,1-14H3,(H,45,54)(H,46,53)(H,47,55)/t30-,31+,33-,34?,35+,37-,38-,39-,40+/m0/s1. The number of ether oxygens (including phenoxy) is 2. The molecule has 5 amide bonds. The first-order valence-corrected chi connectivity index (χ1v) is 21.2. The second-order valence-electron chi connectivity index (χ2n) is 17.3. The molecule has 0 aromatic heterocycles. The predicted octanol–water partition coefficient (Wildman–Crippen LogP) is 3.04. The Bertz CT molecular complexity index is 1430. The zero-order valence-corrected chi connectivity index (χ0v) is 38.0. The largest absolute Gasteiger partial charge is 0.379 e. The molecule has 2 rings (SSSR count). The average molecular weight is 816 g/mol. The topological polar surface area (TPSA) is 153 Å². The van der Waals surface area contributed by atoms with Crippen molar-refractivity contribution in [2.45, 2.75) is 123 Å². The Balaban J connectivity index is 2.30. The second-order valence-corrected chi connectivity index (χ2v) is 17.3. The van der Waals surface area contributed by atoms with Crippen molar-refractivity contribution < 1.29 is 33.4 Å². The van der Waals surface area contributed by atoms with Crippen LogP contribution in [0.15, 0.2) is 30.3 Å². The molecule has 1 fully saturated rings. The Kier molecular flexibility index (Phi) is 21.3. The SMILES string of the molecule is CC[C@H](C)[C@@H]([C@@H](CC(=O)N1CCCC1[C@H](OC)[C@@H](C)C(=O)N[C@@H](Cc1ccccc1)C(=O)NCCN(C)C)OC)N(C)C(=O)[C@@H](NC(=O)[C@H](C(C)C)N(C)C)C(C)C. The average Bonchev–Trinajstić information content (AvgIpc) is 3.65. The number of rotatable bonds is 24. The van der Waals surface area contributed by atoms with E-state index in [1.54, 1.807) is 38.0 Å². The molecule has 58 heavy (non-hydrogen) atoms. The smallest absolute Gasteiger partial charge is 0.245 e. The number of likely N-dealkylation sites (N-methyl/N-ethyl adjacent to an activating group) is 3. The lowest BCUT2D eigenvalue weighted by Gasteiger charge is -2.41. The van der Waals surface area contributed by atoms with E-state index in [1.807, 2.05) is 110 Å². The number of methoxy groups -OCH3 is 2. The number of carbonyl (C=O) groups excluding carboxylic acids is 5. The van der Waals surface area contributed by atoms with Crippen LogP contribution in [0.3, 0.4) is 0 Å². The normalized spacial score (nSPS) is 18.7. The number of likely N-dealkylation sites (tertiary alicyclic amines) is 1. The lowest BCUT2D eigenvalue weighted by Crippen LogP contribution is -2.59. The third-order valence-electron chi connectivity index (χ3n) is 11.7. The van der Waals surface area contributed by atoms with E-state index in [9.17, 15) is 24.0 Å². The van der Waals surface area contributed by atoms with Crippen molar-refractivity contribution in [3.05, 3.63) is 35.9 Å². The molecule has 1 unspecified atom stereocenters. The fraction of sp³-hybridized carbons (Fsp3) is 0.750. The van der Waals surface area contributed by atoms with Crippen LogP contribution in [0.5, 0.6) is 0 Å². The van der Waals surface area contributed by atoms with Gasteiger partial charge in [0.25, 0.3) is 0 Å². The summed E-state index contributed by atoms with van der Waals surface area (Å²) in [5.41, 5.74) is 0.920. The maximum Gasteiger partial charge on any atom is 0.245 e. The summed E-state index contributed by atoms with van der Waals surface area (Å²) >= 11 is 0. The summed E-state index contributed by atoms with van der Waals surface area (Å²) < 4.78 is 12.0. The van der Waals surface area contributed by atoms with Gasteiger partial charge in [0.15, 0.2) is 0 Å². The van der Waals surface area contributed by atoms with Gasteiger partial charge in [-0.1, -0.05) is 85.2 Å². The van der Waals surface area contributed by atoms with Crippen molar-refractivity contribution in [2.75, 3.05) is 69.1 Å². The lowest BCUT2D eigenvalue weighted by atomic mass is 9.89. The van der Waals surface area contributed by atoms with Crippen LogP contribution in [-0.2, 0) is 39.9 Å². The number of nitrogens with zero attached hydrogens (tertiary/aromatic N) is 4. The Labute approximate surface area is 349 Å². The highest BCUT2D eigenvalue weighted by atomic mass is 16.5. The van der Waals surface area contributed by atoms with E-state index in [4.69, 9.17) is 9.47 Å². The molecule has 0 radical (unpaired) electrons. The molecular formula is C44H77N7O7. The van der Waals surface area contributed by atoms with E-state index in [1.165, 1.54) is 0 Å². The zero-order chi connectivity index (χ0) is 43.9. The van der Waals surface area contributed by atoms with Gasteiger partial charge in [-0.3, -0.25) is 28.9 Å². The Morgan fingerprint density at radius 1 is 0.845 bits per heavy atom. The highest BCUT2D eigenvalue weighted by Crippen LogP contribution is 2.30. The van der Waals surface area contributed by atoms with Gasteiger partial charge in [-0.05, 0) is 64.3 Å². The van der Waals surface area contributed by atoms with Crippen molar-refractivity contribution in [2.24, 2.45) is 23.7 Å². The minimum absolute atomic E-state index is 0.0116. The van der Waals surface area contributed by atoms with Crippen LogP contribution in [-0.4, -0.2) is 161 Å². The molecule has 1 aromatic rings. The van der Waals surface area contributed by atoms with E-state index < -0.39 is 42.3 Å². The summed E-state index contributed by atoms with van der Waals surface area (Å²) in [4.78, 5) is 76.7. The first-order valence-electron chi connectivity index (χ1n) is 21.2. The molecule has 9 atom stereocenters. The van der Waals surface area contributed by atoms with E-state index in [2.05, 4.69) is 16.0 Å². The molecule has 1 heterocycles. The third kappa shape index (κ3) is 14.3. The van der Waals surface area contributed by atoms with E-state index in [0.29, 0.717) is 32.5 Å². The van der Waals surface area contributed by atoms with E-state index >= 15 is 0 Å². The van der Waals surface area contributed by atoms with Gasteiger partial charge in [0.1, 0.15) is 12.1 Å². The quantitative estimate of drug-likeness (QED) is 0.143. The molecule has 1 saturated heterocycles. The van der Waals surface area contributed by atoms with Crippen LogP contribution in [0.25, 0.3) is 0 Å². The van der Waals surface area contributed by atoms with Gasteiger partial charge < -0.3 is 40.1 Å². The van der Waals surface area contributed by atoms with Crippen LogP contribution in [0, 0.1) is 23.7 Å². The van der Waals surface area contributed by atoms with Gasteiger partial charge in [-0.15, -0.1) is 0 Å². The molecule has 14 nitrogen and oxygen atoms in total. The van der Waals surface area contributed by atoms with E-state index in [-0.39, 0.29) is 59.8 Å². The summed E-state index contributed by atoms with van der Waals surface area (Å²) in [6, 6.07) is 6.75. The molecule has 3 N–H and O–H groups in total. The minimum Gasteiger partial charge on any atom is -0.379 e. The molecule has 330 valence electrons. The number of nitrogens with one attached hydrogen (secondary N) is 3. The van der Waals surface area contributed by atoms with Crippen molar-refractivity contribution in [1.82, 2.24) is 35.6 Å². The van der Waals surface area contributed by atoms with Crippen LogP contribution in [0.4, 0.5) is 0 Å². The zero-order valence-electron chi connectivity index (χ0n) is 38.0. The van der Waals surface area contributed by atoms with Gasteiger partial charge in [0, 0.05) is 47.3 Å². The summed E-state index contributed by atoms with van der Waals surface area (Å²) in [6.07, 6.45) is 1.17.